The second-order valence-electron chi connectivity index (χ2n) is 6.47. The summed E-state index contributed by atoms with van der Waals surface area (Å²) >= 11 is 0. The number of unbranched alkanes of at least 4 members (excludes halogenated alkanes) is 2. The molecule has 1 heterocycles. The van der Waals surface area contributed by atoms with Crippen molar-refractivity contribution in [3.05, 3.63) is 48.5 Å². The molecule has 2 aromatic rings. The number of aromatic nitrogens is 2. The van der Waals surface area contributed by atoms with Crippen LogP contribution in [0.1, 0.15) is 38.7 Å². The van der Waals surface area contributed by atoms with Crippen molar-refractivity contribution in [2.24, 2.45) is 0 Å². The molecule has 0 saturated heterocycles. The summed E-state index contributed by atoms with van der Waals surface area (Å²) in [6, 6.07) is 7.67. The quantitative estimate of drug-likeness (QED) is 0.719. The van der Waals surface area contributed by atoms with Gasteiger partial charge in [-0.25, -0.2) is 4.98 Å². The summed E-state index contributed by atoms with van der Waals surface area (Å²) in [5.74, 6) is 0.857. The molecule has 0 unspecified atom stereocenters. The minimum atomic E-state index is -0.552. The zero-order valence-corrected chi connectivity index (χ0v) is 14.8. The van der Waals surface area contributed by atoms with Gasteiger partial charge in [-0.3, -0.25) is 4.79 Å². The number of hydrogen-bond donors (Lipinski definition) is 1. The third-order valence-electron chi connectivity index (χ3n) is 4.32. The van der Waals surface area contributed by atoms with Gasteiger partial charge in [0.15, 0.2) is 0 Å². The van der Waals surface area contributed by atoms with E-state index < -0.39 is 5.41 Å². The second-order valence-corrected chi connectivity index (χ2v) is 6.47. The summed E-state index contributed by atoms with van der Waals surface area (Å²) in [6.07, 6.45) is 8.76. The van der Waals surface area contributed by atoms with E-state index in [2.05, 4.69) is 14.9 Å². The molecule has 2 rings (SSSR count). The molecule has 1 aromatic carbocycles. The Balaban J connectivity index is 1.72. The molecule has 0 aliphatic carbocycles. The molecule has 1 amide bonds. The van der Waals surface area contributed by atoms with Gasteiger partial charge in [-0.1, -0.05) is 12.1 Å². The standard InChI is InChI=1S/C19H27N3O2/c1-19(2,16-7-9-17(24-3)10-8-16)18(23)21-11-5-4-6-13-22-14-12-20-15-22/h7-10,12,14-15H,4-6,11,13H2,1-3H3,(H,21,23). The minimum absolute atomic E-state index is 0.0577. The van der Waals surface area contributed by atoms with E-state index in [1.54, 1.807) is 13.3 Å². The minimum Gasteiger partial charge on any atom is -0.497 e. The van der Waals surface area contributed by atoms with Gasteiger partial charge in [0.05, 0.1) is 18.9 Å². The fraction of sp³-hybridized carbons (Fsp3) is 0.474. The monoisotopic (exact) mass is 329 g/mol. The van der Waals surface area contributed by atoms with E-state index in [1.807, 2.05) is 50.6 Å². The van der Waals surface area contributed by atoms with Gasteiger partial charge in [-0.15, -0.1) is 0 Å². The zero-order chi connectivity index (χ0) is 17.4. The summed E-state index contributed by atoms with van der Waals surface area (Å²) in [7, 11) is 1.64. The molecule has 130 valence electrons. The van der Waals surface area contributed by atoms with E-state index in [4.69, 9.17) is 4.74 Å². The Morgan fingerprint density at radius 2 is 1.96 bits per heavy atom. The Kier molecular flexibility index (Phi) is 6.41. The highest BCUT2D eigenvalue weighted by Gasteiger charge is 2.29. The maximum absolute atomic E-state index is 12.5. The van der Waals surface area contributed by atoms with Crippen molar-refractivity contribution < 1.29 is 9.53 Å². The van der Waals surface area contributed by atoms with E-state index in [0.29, 0.717) is 6.54 Å². The Labute approximate surface area is 144 Å². The lowest BCUT2D eigenvalue weighted by Gasteiger charge is -2.24. The van der Waals surface area contributed by atoms with Gasteiger partial charge >= 0.3 is 0 Å². The lowest BCUT2D eigenvalue weighted by atomic mass is 9.83. The highest BCUT2D eigenvalue weighted by molar-refractivity contribution is 5.87. The number of aryl methyl sites for hydroxylation is 1. The van der Waals surface area contributed by atoms with Crippen molar-refractivity contribution in [1.82, 2.24) is 14.9 Å². The zero-order valence-electron chi connectivity index (χ0n) is 14.8. The van der Waals surface area contributed by atoms with Crippen molar-refractivity contribution in [2.45, 2.75) is 45.1 Å². The summed E-state index contributed by atoms with van der Waals surface area (Å²) in [5.41, 5.74) is 0.434. The van der Waals surface area contributed by atoms with Crippen molar-refractivity contribution in [2.75, 3.05) is 13.7 Å². The third kappa shape index (κ3) is 4.85. The summed E-state index contributed by atoms with van der Waals surface area (Å²) < 4.78 is 7.24. The number of rotatable bonds is 9. The maximum atomic E-state index is 12.5. The highest BCUT2D eigenvalue weighted by Crippen LogP contribution is 2.25. The van der Waals surface area contributed by atoms with Crippen LogP contribution in [-0.2, 0) is 16.8 Å². The number of imidazole rings is 1. The number of carbonyl (C=O) groups excluding carboxylic acids is 1. The van der Waals surface area contributed by atoms with Crippen LogP contribution in [0.2, 0.25) is 0 Å². The molecule has 0 atom stereocenters. The predicted molar refractivity (Wildman–Crippen MR) is 95.1 cm³/mol. The van der Waals surface area contributed by atoms with E-state index in [1.165, 1.54) is 0 Å². The number of nitrogens with zero attached hydrogens (tertiary/aromatic N) is 2. The summed E-state index contributed by atoms with van der Waals surface area (Å²) in [5, 5.41) is 3.05. The van der Waals surface area contributed by atoms with Crippen LogP contribution in [0.4, 0.5) is 0 Å². The molecule has 0 saturated carbocycles. The smallest absolute Gasteiger partial charge is 0.230 e. The third-order valence-corrected chi connectivity index (χ3v) is 4.32. The molecule has 1 aromatic heterocycles. The maximum Gasteiger partial charge on any atom is 0.230 e. The molecule has 5 nitrogen and oxygen atoms in total. The van der Waals surface area contributed by atoms with Gasteiger partial charge < -0.3 is 14.6 Å². The molecular formula is C19H27N3O2. The molecule has 24 heavy (non-hydrogen) atoms. The molecule has 0 fully saturated rings. The first-order valence-electron chi connectivity index (χ1n) is 8.42. The largest absolute Gasteiger partial charge is 0.497 e. The lowest BCUT2D eigenvalue weighted by Crippen LogP contribution is -2.40. The SMILES string of the molecule is COc1ccc(C(C)(C)C(=O)NCCCCCn2ccnc2)cc1. The van der Waals surface area contributed by atoms with Crippen molar-refractivity contribution in [1.29, 1.82) is 0 Å². The van der Waals surface area contributed by atoms with Crippen LogP contribution in [0.5, 0.6) is 5.75 Å². The second kappa shape index (κ2) is 8.52. The molecule has 1 N–H and O–H groups in total. The first kappa shape index (κ1) is 18.0. The van der Waals surface area contributed by atoms with Gasteiger partial charge in [0.2, 0.25) is 5.91 Å². The normalized spacial score (nSPS) is 11.3. The first-order valence-corrected chi connectivity index (χ1v) is 8.42. The van der Waals surface area contributed by atoms with Gasteiger partial charge in [0.25, 0.3) is 0 Å². The van der Waals surface area contributed by atoms with Crippen LogP contribution < -0.4 is 10.1 Å². The number of hydrogen-bond acceptors (Lipinski definition) is 3. The van der Waals surface area contributed by atoms with Gasteiger partial charge in [0, 0.05) is 25.5 Å². The van der Waals surface area contributed by atoms with Crippen LogP contribution in [-0.4, -0.2) is 29.1 Å². The Bertz CT molecular complexity index is 619. The van der Waals surface area contributed by atoms with Crippen LogP contribution in [0.25, 0.3) is 0 Å². The molecule has 0 spiro atoms. The van der Waals surface area contributed by atoms with E-state index in [9.17, 15) is 4.79 Å². The van der Waals surface area contributed by atoms with Crippen molar-refractivity contribution in [3.63, 3.8) is 0 Å². The Morgan fingerprint density at radius 1 is 1.21 bits per heavy atom. The number of nitrogens with one attached hydrogen (secondary N) is 1. The van der Waals surface area contributed by atoms with Crippen LogP contribution in [0, 0.1) is 0 Å². The molecule has 0 aliphatic heterocycles. The number of amides is 1. The average molecular weight is 329 g/mol. The van der Waals surface area contributed by atoms with Gasteiger partial charge in [-0.2, -0.15) is 0 Å². The predicted octanol–water partition coefficient (Wildman–Crippen LogP) is 3.16. The van der Waals surface area contributed by atoms with Crippen LogP contribution in [0.3, 0.4) is 0 Å². The fourth-order valence-corrected chi connectivity index (χ4v) is 2.58. The van der Waals surface area contributed by atoms with E-state index in [0.717, 1.165) is 37.1 Å². The van der Waals surface area contributed by atoms with E-state index in [-0.39, 0.29) is 5.91 Å². The van der Waals surface area contributed by atoms with Crippen molar-refractivity contribution >= 4 is 5.91 Å². The van der Waals surface area contributed by atoms with Crippen LogP contribution in [0.15, 0.2) is 43.0 Å². The Hall–Kier alpha value is -2.30. The Morgan fingerprint density at radius 3 is 2.58 bits per heavy atom. The van der Waals surface area contributed by atoms with Crippen molar-refractivity contribution in [3.8, 4) is 5.75 Å². The topological polar surface area (TPSA) is 56.1 Å². The first-order chi connectivity index (χ1) is 11.5. The molecular weight excluding hydrogens is 302 g/mol. The molecule has 0 bridgehead atoms. The van der Waals surface area contributed by atoms with Gasteiger partial charge in [0.1, 0.15) is 5.75 Å². The van der Waals surface area contributed by atoms with Crippen LogP contribution >= 0.6 is 0 Å². The number of methoxy groups -OCH3 is 1. The summed E-state index contributed by atoms with van der Waals surface area (Å²) in [4.78, 5) is 16.5. The van der Waals surface area contributed by atoms with Gasteiger partial charge in [-0.05, 0) is 50.8 Å². The van der Waals surface area contributed by atoms with E-state index >= 15 is 0 Å². The number of benzene rings is 1. The molecule has 5 heteroatoms. The molecule has 0 aliphatic rings. The highest BCUT2D eigenvalue weighted by atomic mass is 16.5. The number of carbonyl (C=O) groups is 1. The molecule has 0 radical (unpaired) electrons. The summed E-state index contributed by atoms with van der Waals surface area (Å²) in [6.45, 7) is 5.58. The number of ether oxygens (including phenoxy) is 1. The lowest BCUT2D eigenvalue weighted by molar-refractivity contribution is -0.125. The fourth-order valence-electron chi connectivity index (χ4n) is 2.58. The average Bonchev–Trinajstić information content (AvgIpc) is 3.11.